The van der Waals surface area contributed by atoms with Crippen LogP contribution in [-0.2, 0) is 19.4 Å². The lowest BCUT2D eigenvalue weighted by molar-refractivity contribution is 0.610. The summed E-state index contributed by atoms with van der Waals surface area (Å²) in [5.74, 6) is 0.286. The highest BCUT2D eigenvalue weighted by molar-refractivity contribution is 6.35. The monoisotopic (exact) mass is 501 g/mol. The third-order valence-electron chi connectivity index (χ3n) is 6.54. The number of hydrogen-bond acceptors (Lipinski definition) is 4. The van der Waals surface area contributed by atoms with Crippen LogP contribution < -0.4 is 5.73 Å². The summed E-state index contributed by atoms with van der Waals surface area (Å²) in [6.45, 7) is 0.473. The molecule has 2 aromatic carbocycles. The maximum absolute atomic E-state index is 10.1. The van der Waals surface area contributed by atoms with Gasteiger partial charge in [0.2, 0.25) is 0 Å². The van der Waals surface area contributed by atoms with Crippen LogP contribution in [0.2, 0.25) is 10.0 Å². The first-order valence-electron chi connectivity index (χ1n) is 11.8. The fourth-order valence-corrected chi connectivity index (χ4v) is 5.31. The summed E-state index contributed by atoms with van der Waals surface area (Å²) in [5, 5.41) is 16.3. The Kier molecular flexibility index (Phi) is 6.77. The lowest BCUT2D eigenvalue weighted by Crippen LogP contribution is -2.10. The first kappa shape index (κ1) is 23.4. The number of pyridine rings is 1. The number of fused-ring (bicyclic) bond motifs is 1. The Labute approximate surface area is 215 Å². The summed E-state index contributed by atoms with van der Waals surface area (Å²) in [6, 6.07) is 17.8. The molecule has 176 valence electrons. The van der Waals surface area contributed by atoms with Crippen molar-refractivity contribution in [2.24, 2.45) is 0 Å². The Morgan fingerprint density at radius 2 is 1.77 bits per heavy atom. The summed E-state index contributed by atoms with van der Waals surface area (Å²) < 4.78 is 1.87. The van der Waals surface area contributed by atoms with Gasteiger partial charge in [0, 0.05) is 38.6 Å². The highest BCUT2D eigenvalue weighted by Gasteiger charge is 2.25. The van der Waals surface area contributed by atoms with E-state index in [4.69, 9.17) is 34.0 Å². The van der Waals surface area contributed by atoms with Gasteiger partial charge in [0.15, 0.2) is 0 Å². The maximum Gasteiger partial charge on any atom is 0.142 e. The zero-order valence-corrected chi connectivity index (χ0v) is 20.8. The van der Waals surface area contributed by atoms with Crippen molar-refractivity contribution in [3.8, 4) is 28.5 Å². The van der Waals surface area contributed by atoms with E-state index in [1.54, 1.807) is 6.07 Å². The van der Waals surface area contributed by atoms with Gasteiger partial charge in [0.05, 0.1) is 6.54 Å². The fourth-order valence-electron chi connectivity index (χ4n) is 4.85. The Morgan fingerprint density at radius 1 is 1.00 bits per heavy atom. The third kappa shape index (κ3) is 4.77. The minimum atomic E-state index is 0.286. The average Bonchev–Trinajstić information content (AvgIpc) is 3.25. The largest absolute Gasteiger partial charge is 0.383 e. The zero-order valence-electron chi connectivity index (χ0n) is 19.3. The van der Waals surface area contributed by atoms with Crippen LogP contribution in [0.1, 0.15) is 48.1 Å². The normalized spacial score (nSPS) is 13.5. The van der Waals surface area contributed by atoms with Gasteiger partial charge in [-0.15, -0.1) is 0 Å². The Hall–Kier alpha value is -3.33. The molecule has 0 bridgehead atoms. The van der Waals surface area contributed by atoms with Crippen molar-refractivity contribution in [1.82, 2.24) is 14.8 Å². The molecule has 35 heavy (non-hydrogen) atoms. The molecule has 0 radical (unpaired) electrons. The van der Waals surface area contributed by atoms with E-state index in [0.29, 0.717) is 22.2 Å². The van der Waals surface area contributed by atoms with Crippen molar-refractivity contribution in [2.75, 3.05) is 5.73 Å². The minimum Gasteiger partial charge on any atom is -0.383 e. The van der Waals surface area contributed by atoms with Crippen LogP contribution in [0.4, 0.5) is 5.82 Å². The number of benzene rings is 2. The van der Waals surface area contributed by atoms with Gasteiger partial charge in [-0.05, 0) is 48.9 Å². The van der Waals surface area contributed by atoms with E-state index in [-0.39, 0.29) is 5.82 Å². The Bertz CT molecular complexity index is 1420. The van der Waals surface area contributed by atoms with E-state index >= 15 is 0 Å². The van der Waals surface area contributed by atoms with E-state index in [9.17, 15) is 5.26 Å². The van der Waals surface area contributed by atoms with Crippen molar-refractivity contribution in [3.63, 3.8) is 0 Å². The number of halogens is 2. The van der Waals surface area contributed by atoms with Crippen LogP contribution in [0, 0.1) is 11.3 Å². The highest BCUT2D eigenvalue weighted by Crippen LogP contribution is 2.40. The van der Waals surface area contributed by atoms with Crippen LogP contribution in [-0.4, -0.2) is 14.8 Å². The van der Waals surface area contributed by atoms with Crippen LogP contribution in [0.15, 0.2) is 54.7 Å². The second-order valence-corrected chi connectivity index (χ2v) is 9.73. The van der Waals surface area contributed by atoms with Crippen molar-refractivity contribution in [2.45, 2.75) is 45.1 Å². The minimum absolute atomic E-state index is 0.286. The van der Waals surface area contributed by atoms with Gasteiger partial charge in [0.25, 0.3) is 0 Å². The summed E-state index contributed by atoms with van der Waals surface area (Å²) in [7, 11) is 0. The fraction of sp³-hybridized carbons (Fsp3) is 0.250. The number of nitrogens with zero attached hydrogens (tertiary/aromatic N) is 4. The van der Waals surface area contributed by atoms with Gasteiger partial charge < -0.3 is 5.73 Å². The van der Waals surface area contributed by atoms with Crippen molar-refractivity contribution in [3.05, 3.63) is 87.2 Å². The van der Waals surface area contributed by atoms with Crippen LogP contribution in [0.25, 0.3) is 22.4 Å². The van der Waals surface area contributed by atoms with E-state index in [1.165, 1.54) is 12.8 Å². The molecule has 5 nitrogen and oxygen atoms in total. The van der Waals surface area contributed by atoms with E-state index < -0.39 is 0 Å². The molecule has 0 unspecified atom stereocenters. The smallest absolute Gasteiger partial charge is 0.142 e. The lowest BCUT2D eigenvalue weighted by Gasteiger charge is -2.19. The molecule has 0 aliphatic heterocycles. The summed E-state index contributed by atoms with van der Waals surface area (Å²) in [5.41, 5.74) is 13.3. The van der Waals surface area contributed by atoms with E-state index in [2.05, 4.69) is 11.1 Å². The SMILES string of the molecule is N#Cc1c(N)nc2c(c1-c1cn(Cc3ccc(Cl)cc3Cl)nc1-c1ccccc1)CCCCCC2. The molecule has 7 heteroatoms. The lowest BCUT2D eigenvalue weighted by atomic mass is 9.87. The summed E-state index contributed by atoms with van der Waals surface area (Å²) in [4.78, 5) is 4.67. The second kappa shape index (κ2) is 10.1. The van der Waals surface area contributed by atoms with Gasteiger partial charge in [-0.1, -0.05) is 72.4 Å². The molecule has 2 heterocycles. The number of nitrogens with two attached hydrogens (primary N) is 1. The van der Waals surface area contributed by atoms with Crippen LogP contribution in [0.5, 0.6) is 0 Å². The first-order valence-corrected chi connectivity index (χ1v) is 12.6. The summed E-state index contributed by atoms with van der Waals surface area (Å²) >= 11 is 12.6. The second-order valence-electron chi connectivity index (χ2n) is 8.89. The molecule has 0 saturated carbocycles. The van der Waals surface area contributed by atoms with Gasteiger partial charge in [0.1, 0.15) is 23.1 Å². The average molecular weight is 502 g/mol. The Morgan fingerprint density at radius 3 is 2.51 bits per heavy atom. The van der Waals surface area contributed by atoms with Gasteiger partial charge >= 0.3 is 0 Å². The van der Waals surface area contributed by atoms with Crippen LogP contribution >= 0.6 is 23.2 Å². The molecule has 0 fully saturated rings. The van der Waals surface area contributed by atoms with Gasteiger partial charge in [-0.2, -0.15) is 10.4 Å². The standard InChI is InChI=1S/C28H25Cl2N5/c29-20-13-12-19(24(30)14-20)16-35-17-23(27(34-35)18-8-4-3-5-9-18)26-21-10-6-1-2-7-11-25(21)33-28(32)22(26)15-31/h3-5,8-9,12-14,17H,1-2,6-7,10-11,16H2,(H2,32,33). The molecule has 1 aliphatic rings. The van der Waals surface area contributed by atoms with E-state index in [1.807, 2.05) is 53.3 Å². The predicted octanol–water partition coefficient (Wildman–Crippen LogP) is 7.08. The number of nitriles is 1. The quantitative estimate of drug-likeness (QED) is 0.323. The number of hydrogen-bond donors (Lipinski definition) is 1. The molecule has 4 aromatic rings. The zero-order chi connectivity index (χ0) is 24.4. The first-order chi connectivity index (χ1) is 17.0. The Balaban J connectivity index is 1.73. The predicted molar refractivity (Wildman–Crippen MR) is 141 cm³/mol. The molecular formula is C28H25Cl2N5. The number of nitrogen functional groups attached to an aromatic ring is 1. The van der Waals surface area contributed by atoms with Gasteiger partial charge in [-0.25, -0.2) is 4.98 Å². The molecule has 0 saturated heterocycles. The molecular weight excluding hydrogens is 477 g/mol. The number of rotatable bonds is 4. The molecule has 2 N–H and O–H groups in total. The van der Waals surface area contributed by atoms with E-state index in [0.717, 1.165) is 64.9 Å². The number of aromatic nitrogens is 3. The molecule has 0 amide bonds. The van der Waals surface area contributed by atoms with Gasteiger partial charge in [-0.3, -0.25) is 4.68 Å². The molecule has 1 aliphatic carbocycles. The number of anilines is 1. The summed E-state index contributed by atoms with van der Waals surface area (Å²) in [6.07, 6.45) is 8.23. The molecule has 2 aromatic heterocycles. The topological polar surface area (TPSA) is 80.5 Å². The van der Waals surface area contributed by atoms with Crippen molar-refractivity contribution >= 4 is 29.0 Å². The molecule has 0 atom stereocenters. The molecule has 0 spiro atoms. The van der Waals surface area contributed by atoms with Crippen molar-refractivity contribution < 1.29 is 0 Å². The number of aryl methyl sites for hydroxylation is 1. The van der Waals surface area contributed by atoms with Crippen molar-refractivity contribution in [1.29, 1.82) is 5.26 Å². The maximum atomic E-state index is 10.1. The third-order valence-corrected chi connectivity index (χ3v) is 7.13. The highest BCUT2D eigenvalue weighted by atomic mass is 35.5. The van der Waals surface area contributed by atoms with Crippen LogP contribution in [0.3, 0.4) is 0 Å². The molecule has 5 rings (SSSR count).